The molecule has 0 aliphatic rings. The summed E-state index contributed by atoms with van der Waals surface area (Å²) in [4.78, 5) is 11.4. The van der Waals surface area contributed by atoms with Gasteiger partial charge in [0.05, 0.1) is 0 Å². The van der Waals surface area contributed by atoms with Crippen LogP contribution in [0.2, 0.25) is 0 Å². The van der Waals surface area contributed by atoms with E-state index in [1.165, 1.54) is 11.1 Å². The largest absolute Gasteiger partial charge is 0.299 e. The number of carbonyl (C=O) groups is 1. The van der Waals surface area contributed by atoms with Gasteiger partial charge in [0.1, 0.15) is 6.29 Å². The standard InChI is InChI=1S/C27H22O/c1-21-8-12-23(13-9-21)16-17-26(20-24-14-10-22(2)11-15-24)27(18-19-28)25-6-4-3-5-7-25/h3-15,18-20H,1-2H3/b26-20+,27-18+. The van der Waals surface area contributed by atoms with Gasteiger partial charge in [-0.05, 0) is 49.3 Å². The zero-order chi connectivity index (χ0) is 19.8. The van der Waals surface area contributed by atoms with Crippen molar-refractivity contribution in [2.75, 3.05) is 0 Å². The normalized spacial score (nSPS) is 11.5. The summed E-state index contributed by atoms with van der Waals surface area (Å²) in [5.74, 6) is 6.52. The summed E-state index contributed by atoms with van der Waals surface area (Å²) in [6.45, 7) is 4.12. The minimum absolute atomic E-state index is 0.808. The van der Waals surface area contributed by atoms with Crippen LogP contribution in [0, 0.1) is 25.7 Å². The van der Waals surface area contributed by atoms with E-state index in [0.29, 0.717) is 0 Å². The van der Waals surface area contributed by atoms with Gasteiger partial charge < -0.3 is 0 Å². The predicted octanol–water partition coefficient (Wildman–Crippen LogP) is 6.02. The van der Waals surface area contributed by atoms with Gasteiger partial charge in [-0.1, -0.05) is 89.7 Å². The van der Waals surface area contributed by atoms with E-state index in [-0.39, 0.29) is 0 Å². The monoisotopic (exact) mass is 362 g/mol. The summed E-state index contributed by atoms with van der Waals surface area (Å²) in [5, 5.41) is 0. The number of allylic oxidation sites excluding steroid dienone is 3. The maximum Gasteiger partial charge on any atom is 0.143 e. The first-order chi connectivity index (χ1) is 13.7. The Bertz CT molecular complexity index is 1060. The van der Waals surface area contributed by atoms with Gasteiger partial charge in [-0.3, -0.25) is 4.79 Å². The van der Waals surface area contributed by atoms with Gasteiger partial charge in [0, 0.05) is 16.7 Å². The molecule has 0 aliphatic heterocycles. The molecule has 0 bridgehead atoms. The van der Waals surface area contributed by atoms with Crippen LogP contribution in [-0.4, -0.2) is 6.29 Å². The zero-order valence-corrected chi connectivity index (χ0v) is 16.1. The smallest absolute Gasteiger partial charge is 0.143 e. The van der Waals surface area contributed by atoms with E-state index < -0.39 is 0 Å². The fourth-order valence-corrected chi connectivity index (χ4v) is 2.81. The van der Waals surface area contributed by atoms with E-state index in [1.54, 1.807) is 6.08 Å². The second-order valence-electron chi connectivity index (χ2n) is 6.67. The first-order valence-corrected chi connectivity index (χ1v) is 9.24. The minimum Gasteiger partial charge on any atom is -0.299 e. The van der Waals surface area contributed by atoms with Gasteiger partial charge in [-0.15, -0.1) is 0 Å². The molecule has 136 valence electrons. The van der Waals surface area contributed by atoms with Crippen LogP contribution in [0.5, 0.6) is 0 Å². The number of aldehydes is 1. The minimum atomic E-state index is 0.808. The molecule has 0 spiro atoms. The molecule has 0 radical (unpaired) electrons. The molecule has 0 aliphatic carbocycles. The fraction of sp³-hybridized carbons (Fsp3) is 0.0741. The van der Waals surface area contributed by atoms with Crippen LogP contribution in [0.4, 0.5) is 0 Å². The van der Waals surface area contributed by atoms with Crippen molar-refractivity contribution in [3.63, 3.8) is 0 Å². The summed E-state index contributed by atoms with van der Waals surface area (Å²) in [6.07, 6.45) is 4.43. The molecule has 0 saturated heterocycles. The fourth-order valence-electron chi connectivity index (χ4n) is 2.81. The quantitative estimate of drug-likeness (QED) is 0.240. The van der Waals surface area contributed by atoms with Gasteiger partial charge in [-0.2, -0.15) is 0 Å². The van der Waals surface area contributed by atoms with E-state index in [9.17, 15) is 4.79 Å². The number of carbonyl (C=O) groups excluding carboxylic acids is 1. The van der Waals surface area contributed by atoms with Gasteiger partial charge in [0.25, 0.3) is 0 Å². The molecule has 3 aromatic carbocycles. The van der Waals surface area contributed by atoms with E-state index >= 15 is 0 Å². The Labute approximate surface area is 167 Å². The highest BCUT2D eigenvalue weighted by Gasteiger charge is 2.06. The van der Waals surface area contributed by atoms with Crippen LogP contribution in [0.1, 0.15) is 27.8 Å². The molecule has 0 aromatic heterocycles. The van der Waals surface area contributed by atoms with E-state index in [4.69, 9.17) is 0 Å². The van der Waals surface area contributed by atoms with Crippen molar-refractivity contribution in [2.45, 2.75) is 13.8 Å². The van der Waals surface area contributed by atoms with Crippen molar-refractivity contribution >= 4 is 17.9 Å². The number of aryl methyl sites for hydroxylation is 2. The van der Waals surface area contributed by atoms with Gasteiger partial charge in [0.15, 0.2) is 0 Å². The predicted molar refractivity (Wildman–Crippen MR) is 118 cm³/mol. The Kier molecular flexibility index (Phi) is 6.39. The van der Waals surface area contributed by atoms with Crippen molar-refractivity contribution in [1.29, 1.82) is 0 Å². The summed E-state index contributed by atoms with van der Waals surface area (Å²) in [7, 11) is 0. The average molecular weight is 362 g/mol. The van der Waals surface area contributed by atoms with Gasteiger partial charge in [0.2, 0.25) is 0 Å². The second kappa shape index (κ2) is 9.35. The number of rotatable bonds is 4. The molecular formula is C27H22O. The Morgan fingerprint density at radius 3 is 2.00 bits per heavy atom. The van der Waals surface area contributed by atoms with Crippen LogP contribution in [0.25, 0.3) is 11.6 Å². The topological polar surface area (TPSA) is 17.1 Å². The molecule has 28 heavy (non-hydrogen) atoms. The summed E-state index contributed by atoms with van der Waals surface area (Å²) >= 11 is 0. The van der Waals surface area contributed by atoms with E-state index in [0.717, 1.165) is 34.1 Å². The van der Waals surface area contributed by atoms with Crippen molar-refractivity contribution < 1.29 is 4.79 Å². The molecule has 0 fully saturated rings. The highest BCUT2D eigenvalue weighted by Crippen LogP contribution is 2.24. The van der Waals surface area contributed by atoms with Crippen LogP contribution in [-0.2, 0) is 4.79 Å². The van der Waals surface area contributed by atoms with Gasteiger partial charge in [-0.25, -0.2) is 0 Å². The van der Waals surface area contributed by atoms with Crippen molar-refractivity contribution in [3.05, 3.63) is 118 Å². The Morgan fingerprint density at radius 1 is 0.786 bits per heavy atom. The maximum atomic E-state index is 11.4. The molecular weight excluding hydrogens is 340 g/mol. The Morgan fingerprint density at radius 2 is 1.39 bits per heavy atom. The third-order valence-electron chi connectivity index (χ3n) is 4.39. The summed E-state index contributed by atoms with van der Waals surface area (Å²) < 4.78 is 0. The highest BCUT2D eigenvalue weighted by molar-refractivity contribution is 5.95. The van der Waals surface area contributed by atoms with E-state index in [2.05, 4.69) is 50.0 Å². The van der Waals surface area contributed by atoms with Crippen molar-refractivity contribution in [3.8, 4) is 11.8 Å². The van der Waals surface area contributed by atoms with Crippen molar-refractivity contribution in [1.82, 2.24) is 0 Å². The maximum absolute atomic E-state index is 11.4. The molecule has 0 atom stereocenters. The van der Waals surface area contributed by atoms with Crippen LogP contribution in [0.15, 0.2) is 90.5 Å². The first kappa shape index (κ1) is 19.1. The van der Waals surface area contributed by atoms with Crippen LogP contribution in [0.3, 0.4) is 0 Å². The number of hydrogen-bond acceptors (Lipinski definition) is 1. The molecule has 3 rings (SSSR count). The average Bonchev–Trinajstić information content (AvgIpc) is 2.73. The lowest BCUT2D eigenvalue weighted by Crippen LogP contribution is -1.90. The van der Waals surface area contributed by atoms with Crippen LogP contribution >= 0.6 is 0 Å². The third-order valence-corrected chi connectivity index (χ3v) is 4.39. The van der Waals surface area contributed by atoms with Crippen LogP contribution < -0.4 is 0 Å². The zero-order valence-electron chi connectivity index (χ0n) is 16.1. The molecule has 0 saturated carbocycles. The summed E-state index contributed by atoms with van der Waals surface area (Å²) in [5.41, 5.74) is 6.98. The molecule has 0 unspecified atom stereocenters. The number of hydrogen-bond donors (Lipinski definition) is 0. The summed E-state index contributed by atoms with van der Waals surface area (Å²) in [6, 6.07) is 26.3. The lowest BCUT2D eigenvalue weighted by atomic mass is 9.95. The Balaban J connectivity index is 2.10. The first-order valence-electron chi connectivity index (χ1n) is 9.24. The third kappa shape index (κ3) is 5.19. The molecule has 1 heteroatoms. The van der Waals surface area contributed by atoms with Gasteiger partial charge >= 0.3 is 0 Å². The Hall–Kier alpha value is -3.63. The van der Waals surface area contributed by atoms with Crippen molar-refractivity contribution in [2.24, 2.45) is 0 Å². The second-order valence-corrected chi connectivity index (χ2v) is 6.67. The van der Waals surface area contributed by atoms with E-state index in [1.807, 2.05) is 60.7 Å². The highest BCUT2D eigenvalue weighted by atomic mass is 16.1. The lowest BCUT2D eigenvalue weighted by molar-refractivity contribution is -0.104. The molecule has 0 amide bonds. The number of benzene rings is 3. The molecule has 0 N–H and O–H groups in total. The SMILES string of the molecule is Cc1ccc(C#CC(=C\c2ccc(C)cc2)/C(=C/C=O)c2ccccc2)cc1. The molecule has 0 heterocycles. The molecule has 1 nitrogen and oxygen atoms in total. The molecule has 3 aromatic rings. The lowest BCUT2D eigenvalue weighted by Gasteiger charge is -2.07.